The Morgan fingerprint density at radius 2 is 2.11 bits per heavy atom. The molecule has 0 radical (unpaired) electrons. The quantitative estimate of drug-likeness (QED) is 0.770. The molecule has 3 amide bonds. The van der Waals surface area contributed by atoms with Crippen LogP contribution in [0.2, 0.25) is 5.02 Å². The zero-order chi connectivity index (χ0) is 13.7. The Hall–Kier alpha value is -1.95. The Labute approximate surface area is 109 Å². The molecule has 0 saturated heterocycles. The van der Waals surface area contributed by atoms with E-state index < -0.39 is 18.0 Å². The molecule has 1 unspecified atom stereocenters. The first kappa shape index (κ1) is 14.1. The first-order valence-corrected chi connectivity index (χ1v) is 5.52. The molecular formula is C11H14ClN3O3. The Morgan fingerprint density at radius 3 is 2.61 bits per heavy atom. The molecule has 0 aliphatic carbocycles. The standard InChI is InChI=1S/C11H14ClN3O3/c1-6(10(16)15-11(13)17)14-7-3-4-9(18-2)8(12)5-7/h3-6,14H,1-2H3,(H3,13,15,16,17). The van der Waals surface area contributed by atoms with Gasteiger partial charge in [0.1, 0.15) is 11.8 Å². The van der Waals surface area contributed by atoms with Crippen molar-refractivity contribution >= 4 is 29.2 Å². The Kier molecular flexibility index (Phi) is 4.79. The van der Waals surface area contributed by atoms with E-state index in [-0.39, 0.29) is 0 Å². The van der Waals surface area contributed by atoms with Crippen molar-refractivity contribution in [3.05, 3.63) is 23.2 Å². The molecule has 0 spiro atoms. The van der Waals surface area contributed by atoms with E-state index in [2.05, 4.69) is 5.32 Å². The number of carbonyl (C=O) groups excluding carboxylic acids is 2. The lowest BCUT2D eigenvalue weighted by molar-refractivity contribution is -0.120. The molecule has 0 bridgehead atoms. The predicted molar refractivity (Wildman–Crippen MR) is 68.8 cm³/mol. The third-order valence-corrected chi connectivity index (χ3v) is 2.47. The van der Waals surface area contributed by atoms with Crippen molar-refractivity contribution < 1.29 is 14.3 Å². The van der Waals surface area contributed by atoms with Crippen molar-refractivity contribution in [2.75, 3.05) is 12.4 Å². The molecule has 0 aliphatic heterocycles. The molecule has 0 fully saturated rings. The van der Waals surface area contributed by atoms with E-state index in [0.29, 0.717) is 16.5 Å². The molecule has 1 aromatic carbocycles. The molecule has 7 heteroatoms. The Bertz CT molecular complexity index is 465. The molecule has 18 heavy (non-hydrogen) atoms. The maximum absolute atomic E-state index is 11.4. The van der Waals surface area contributed by atoms with Crippen LogP contribution in [0.25, 0.3) is 0 Å². The SMILES string of the molecule is COc1ccc(NC(C)C(=O)NC(N)=O)cc1Cl. The minimum atomic E-state index is -0.888. The molecule has 6 nitrogen and oxygen atoms in total. The third-order valence-electron chi connectivity index (χ3n) is 2.17. The monoisotopic (exact) mass is 271 g/mol. The predicted octanol–water partition coefficient (Wildman–Crippen LogP) is 1.34. The fourth-order valence-electron chi connectivity index (χ4n) is 1.30. The number of methoxy groups -OCH3 is 1. The van der Waals surface area contributed by atoms with Gasteiger partial charge >= 0.3 is 6.03 Å². The van der Waals surface area contributed by atoms with Gasteiger partial charge in [-0.15, -0.1) is 0 Å². The molecule has 0 aromatic heterocycles. The van der Waals surface area contributed by atoms with Crippen LogP contribution in [0.1, 0.15) is 6.92 Å². The first-order valence-electron chi connectivity index (χ1n) is 5.14. The average Bonchev–Trinajstić information content (AvgIpc) is 2.28. The summed E-state index contributed by atoms with van der Waals surface area (Å²) in [6.45, 7) is 1.59. The molecule has 0 heterocycles. The summed E-state index contributed by atoms with van der Waals surface area (Å²) < 4.78 is 5.00. The summed E-state index contributed by atoms with van der Waals surface area (Å²) in [4.78, 5) is 22.0. The minimum absolute atomic E-state index is 0.421. The second-order valence-corrected chi connectivity index (χ2v) is 3.98. The van der Waals surface area contributed by atoms with Crippen LogP contribution in [0.4, 0.5) is 10.5 Å². The lowest BCUT2D eigenvalue weighted by atomic mass is 10.2. The number of nitrogens with one attached hydrogen (secondary N) is 2. The number of benzene rings is 1. The molecule has 98 valence electrons. The van der Waals surface area contributed by atoms with Gasteiger partial charge in [-0.3, -0.25) is 10.1 Å². The molecule has 1 aromatic rings. The first-order chi connectivity index (χ1) is 8.43. The maximum atomic E-state index is 11.4. The second kappa shape index (κ2) is 6.11. The van der Waals surface area contributed by atoms with Gasteiger partial charge in [-0.05, 0) is 25.1 Å². The summed E-state index contributed by atoms with van der Waals surface area (Å²) in [6, 6.07) is 3.49. The number of carbonyl (C=O) groups is 2. The summed E-state index contributed by atoms with van der Waals surface area (Å²) in [5.74, 6) is 0.0193. The van der Waals surface area contributed by atoms with E-state index in [1.54, 1.807) is 25.1 Å². The van der Waals surface area contributed by atoms with Crippen molar-refractivity contribution in [3.63, 3.8) is 0 Å². The molecule has 0 aliphatic rings. The highest BCUT2D eigenvalue weighted by molar-refractivity contribution is 6.32. The molecule has 0 saturated carbocycles. The summed E-state index contributed by atoms with van der Waals surface area (Å²) >= 11 is 5.94. The van der Waals surface area contributed by atoms with Crippen molar-refractivity contribution in [1.29, 1.82) is 0 Å². The van der Waals surface area contributed by atoms with E-state index in [1.165, 1.54) is 7.11 Å². The third kappa shape index (κ3) is 3.81. The topological polar surface area (TPSA) is 93.4 Å². The van der Waals surface area contributed by atoms with Gasteiger partial charge in [0.2, 0.25) is 5.91 Å². The smallest absolute Gasteiger partial charge is 0.318 e. The zero-order valence-corrected chi connectivity index (χ0v) is 10.7. The number of nitrogens with two attached hydrogens (primary N) is 1. The van der Waals surface area contributed by atoms with Gasteiger partial charge in [0, 0.05) is 5.69 Å². The average molecular weight is 272 g/mol. The number of rotatable bonds is 4. The van der Waals surface area contributed by atoms with Crippen LogP contribution >= 0.6 is 11.6 Å². The highest BCUT2D eigenvalue weighted by Crippen LogP contribution is 2.27. The lowest BCUT2D eigenvalue weighted by Crippen LogP contribution is -2.43. The number of urea groups is 1. The van der Waals surface area contributed by atoms with E-state index in [0.717, 1.165) is 0 Å². The highest BCUT2D eigenvalue weighted by Gasteiger charge is 2.14. The fourth-order valence-corrected chi connectivity index (χ4v) is 1.56. The van der Waals surface area contributed by atoms with E-state index in [4.69, 9.17) is 22.1 Å². The van der Waals surface area contributed by atoms with E-state index >= 15 is 0 Å². The Morgan fingerprint density at radius 1 is 1.44 bits per heavy atom. The van der Waals surface area contributed by atoms with E-state index in [9.17, 15) is 9.59 Å². The molecular weight excluding hydrogens is 258 g/mol. The van der Waals surface area contributed by atoms with E-state index in [1.807, 2.05) is 5.32 Å². The van der Waals surface area contributed by atoms with Gasteiger partial charge in [0.15, 0.2) is 0 Å². The second-order valence-electron chi connectivity index (χ2n) is 3.57. The normalized spacial score (nSPS) is 11.5. The largest absolute Gasteiger partial charge is 0.495 e. The molecule has 1 rings (SSSR count). The zero-order valence-electron chi connectivity index (χ0n) is 9.99. The summed E-state index contributed by atoms with van der Waals surface area (Å²) in [5, 5.41) is 5.28. The number of amides is 3. The number of imide groups is 1. The number of anilines is 1. The Balaban J connectivity index is 2.70. The number of primary amides is 1. The van der Waals surface area contributed by atoms with Crippen LogP contribution in [0.15, 0.2) is 18.2 Å². The number of hydrogen-bond acceptors (Lipinski definition) is 4. The summed E-state index contributed by atoms with van der Waals surface area (Å²) in [5.41, 5.74) is 5.48. The number of hydrogen-bond donors (Lipinski definition) is 3. The molecule has 4 N–H and O–H groups in total. The van der Waals surface area contributed by atoms with Crippen LogP contribution in [0.3, 0.4) is 0 Å². The fraction of sp³-hybridized carbons (Fsp3) is 0.273. The molecule has 1 atom stereocenters. The highest BCUT2D eigenvalue weighted by atomic mass is 35.5. The number of halogens is 1. The van der Waals surface area contributed by atoms with Gasteiger partial charge in [-0.1, -0.05) is 11.6 Å². The minimum Gasteiger partial charge on any atom is -0.495 e. The summed E-state index contributed by atoms with van der Waals surface area (Å²) in [7, 11) is 1.51. The van der Waals surface area contributed by atoms with Crippen molar-refractivity contribution in [3.8, 4) is 5.75 Å². The van der Waals surface area contributed by atoms with Gasteiger partial charge in [0.05, 0.1) is 12.1 Å². The van der Waals surface area contributed by atoms with Gasteiger partial charge in [-0.25, -0.2) is 4.79 Å². The van der Waals surface area contributed by atoms with Crippen LogP contribution in [0, 0.1) is 0 Å². The summed E-state index contributed by atoms with van der Waals surface area (Å²) in [6.07, 6.45) is 0. The van der Waals surface area contributed by atoms with Crippen molar-refractivity contribution in [1.82, 2.24) is 5.32 Å². The number of ether oxygens (including phenoxy) is 1. The lowest BCUT2D eigenvalue weighted by Gasteiger charge is -2.14. The van der Waals surface area contributed by atoms with Crippen LogP contribution in [0.5, 0.6) is 5.75 Å². The maximum Gasteiger partial charge on any atom is 0.318 e. The van der Waals surface area contributed by atoms with Crippen LogP contribution < -0.4 is 21.1 Å². The van der Waals surface area contributed by atoms with Crippen LogP contribution in [-0.2, 0) is 4.79 Å². The van der Waals surface area contributed by atoms with Crippen molar-refractivity contribution in [2.45, 2.75) is 13.0 Å². The van der Waals surface area contributed by atoms with Crippen molar-refractivity contribution in [2.24, 2.45) is 5.73 Å². The van der Waals surface area contributed by atoms with Gasteiger partial charge in [-0.2, -0.15) is 0 Å². The van der Waals surface area contributed by atoms with Gasteiger partial charge in [0.25, 0.3) is 0 Å². The van der Waals surface area contributed by atoms with Gasteiger partial charge < -0.3 is 15.8 Å². The van der Waals surface area contributed by atoms with Crippen LogP contribution in [-0.4, -0.2) is 25.1 Å².